The van der Waals surface area contributed by atoms with Crippen LogP contribution < -0.4 is 11.1 Å². The predicted molar refractivity (Wildman–Crippen MR) is 74.4 cm³/mol. The summed E-state index contributed by atoms with van der Waals surface area (Å²) in [7, 11) is 0. The van der Waals surface area contributed by atoms with Gasteiger partial charge in [-0.1, -0.05) is 0 Å². The van der Waals surface area contributed by atoms with Crippen molar-refractivity contribution < 1.29 is 18.0 Å². The highest BCUT2D eigenvalue weighted by Crippen LogP contribution is 2.38. The Morgan fingerprint density at radius 2 is 1.74 bits per heavy atom. The second-order valence-electron chi connectivity index (χ2n) is 3.87. The number of allylic oxidation sites excluding steroid dienone is 2. The highest BCUT2D eigenvalue weighted by Gasteiger charge is 2.29. The van der Waals surface area contributed by atoms with Crippen LogP contribution in [0.5, 0.6) is 0 Å². The van der Waals surface area contributed by atoms with Crippen LogP contribution in [0.3, 0.4) is 0 Å². The van der Waals surface area contributed by atoms with Crippen LogP contribution in [0.1, 0.15) is 10.4 Å². The largest absolute Gasteiger partial charge is 0.446 e. The quantitative estimate of drug-likeness (QED) is 0.642. The zero-order chi connectivity index (χ0) is 17.6. The van der Waals surface area contributed by atoms with Gasteiger partial charge in [0, 0.05) is 16.1 Å². The van der Waals surface area contributed by atoms with Crippen LogP contribution >= 0.6 is 11.8 Å². The van der Waals surface area contributed by atoms with Gasteiger partial charge in [0.15, 0.2) is 5.57 Å². The molecule has 0 aliphatic rings. The molecule has 0 bridgehead atoms. The van der Waals surface area contributed by atoms with Crippen molar-refractivity contribution in [3.8, 4) is 18.2 Å². The first kappa shape index (κ1) is 17.9. The molecule has 1 aromatic carbocycles. The van der Waals surface area contributed by atoms with Gasteiger partial charge in [-0.2, -0.15) is 29.0 Å². The fraction of sp³-hybridized carbons (Fsp3) is 0.0769. The number of hydrogen-bond acceptors (Lipinski definition) is 6. The third-order valence-corrected chi connectivity index (χ3v) is 2.98. The molecular formula is C13H6F3N5OS. The van der Waals surface area contributed by atoms with Gasteiger partial charge in [-0.25, -0.2) is 0 Å². The molecule has 0 saturated carbocycles. The maximum atomic E-state index is 12.5. The van der Waals surface area contributed by atoms with Crippen LogP contribution in [0, 0.1) is 34.0 Å². The lowest BCUT2D eigenvalue weighted by Crippen LogP contribution is -2.12. The van der Waals surface area contributed by atoms with Gasteiger partial charge in [0.25, 0.3) is 0 Å². The summed E-state index contributed by atoms with van der Waals surface area (Å²) in [6, 6.07) is 7.54. The number of carbonyl (C=O) groups is 1. The number of halogens is 3. The minimum Gasteiger partial charge on any atom is -0.366 e. The van der Waals surface area contributed by atoms with E-state index in [1.54, 1.807) is 6.07 Å². The number of nitriles is 3. The molecule has 0 saturated heterocycles. The molecule has 0 fully saturated rings. The van der Waals surface area contributed by atoms with Crippen LogP contribution in [0.15, 0.2) is 34.4 Å². The Bertz CT molecular complexity index is 780. The summed E-state index contributed by atoms with van der Waals surface area (Å²) >= 11 is -0.476. The molecule has 1 amide bonds. The van der Waals surface area contributed by atoms with Crippen LogP contribution in [-0.4, -0.2) is 11.4 Å². The fourth-order valence-corrected chi connectivity index (χ4v) is 2.07. The van der Waals surface area contributed by atoms with Crippen LogP contribution in [0.4, 0.5) is 18.9 Å². The van der Waals surface area contributed by atoms with Crippen molar-refractivity contribution in [2.45, 2.75) is 10.4 Å². The summed E-state index contributed by atoms with van der Waals surface area (Å²) in [6.45, 7) is 0. The van der Waals surface area contributed by atoms with E-state index in [2.05, 4.69) is 5.32 Å². The molecule has 0 atom stereocenters. The van der Waals surface area contributed by atoms with Crippen molar-refractivity contribution >= 4 is 23.4 Å². The number of alkyl halides is 3. The maximum absolute atomic E-state index is 12.5. The standard InChI is InChI=1S/C13H6F3N5OS/c14-13(15,16)23-10-2-7(12(20)22)1-9(3-10)21-11(6-19)8(4-17)5-18/h1-3,21H,(H2,20,22). The zero-order valence-corrected chi connectivity index (χ0v) is 11.9. The number of benzene rings is 1. The van der Waals surface area contributed by atoms with Gasteiger partial charge in [-0.05, 0) is 30.0 Å². The summed E-state index contributed by atoms with van der Waals surface area (Å²) < 4.78 is 37.4. The number of nitrogens with zero attached hydrogens (tertiary/aromatic N) is 3. The highest BCUT2D eigenvalue weighted by molar-refractivity contribution is 8.00. The maximum Gasteiger partial charge on any atom is 0.446 e. The topological polar surface area (TPSA) is 126 Å². The van der Waals surface area contributed by atoms with Gasteiger partial charge in [0.2, 0.25) is 5.91 Å². The van der Waals surface area contributed by atoms with Crippen molar-refractivity contribution in [2.75, 3.05) is 5.32 Å². The molecule has 10 heteroatoms. The minimum atomic E-state index is -4.59. The number of amides is 1. The normalized spacial score (nSPS) is 9.91. The van der Waals surface area contributed by atoms with Gasteiger partial charge in [0.05, 0.1) is 0 Å². The molecule has 3 N–H and O–H groups in total. The van der Waals surface area contributed by atoms with E-state index in [9.17, 15) is 18.0 Å². The number of hydrogen-bond donors (Lipinski definition) is 2. The number of anilines is 1. The second kappa shape index (κ2) is 7.21. The molecule has 0 aliphatic heterocycles. The summed E-state index contributed by atoms with van der Waals surface area (Å²) in [4.78, 5) is 10.9. The first-order chi connectivity index (χ1) is 10.7. The first-order valence-corrected chi connectivity index (χ1v) is 6.44. The summed E-state index contributed by atoms with van der Waals surface area (Å²) in [5.74, 6) is -0.971. The molecule has 1 aromatic rings. The molecule has 116 valence electrons. The van der Waals surface area contributed by atoms with Gasteiger partial charge in [-0.3, -0.25) is 4.79 Å². The van der Waals surface area contributed by atoms with E-state index >= 15 is 0 Å². The number of primary amides is 1. The highest BCUT2D eigenvalue weighted by atomic mass is 32.2. The van der Waals surface area contributed by atoms with Crippen LogP contribution in [-0.2, 0) is 0 Å². The third-order valence-electron chi connectivity index (χ3n) is 2.28. The van der Waals surface area contributed by atoms with E-state index < -0.39 is 34.4 Å². The zero-order valence-electron chi connectivity index (χ0n) is 11.1. The van der Waals surface area contributed by atoms with E-state index in [-0.39, 0.29) is 16.1 Å². The molecule has 23 heavy (non-hydrogen) atoms. The molecule has 0 radical (unpaired) electrons. The Hall–Kier alpha value is -3.16. The molecule has 0 aliphatic carbocycles. The average Bonchev–Trinajstić information content (AvgIpc) is 2.45. The SMILES string of the molecule is N#CC(C#N)=C(C#N)Nc1cc(SC(F)(F)F)cc(C(N)=O)c1. The monoisotopic (exact) mass is 337 g/mol. The predicted octanol–water partition coefficient (Wildman–Crippen LogP) is 2.63. The van der Waals surface area contributed by atoms with Crippen molar-refractivity contribution in [1.29, 1.82) is 15.8 Å². The molecule has 1 rings (SSSR count). The van der Waals surface area contributed by atoms with E-state index in [1.165, 1.54) is 12.1 Å². The summed E-state index contributed by atoms with van der Waals surface area (Å²) in [5, 5.41) is 28.7. The molecule has 6 nitrogen and oxygen atoms in total. The van der Waals surface area contributed by atoms with Crippen LogP contribution in [0.25, 0.3) is 0 Å². The van der Waals surface area contributed by atoms with Crippen molar-refractivity contribution in [2.24, 2.45) is 5.73 Å². The summed E-state index contributed by atoms with van der Waals surface area (Å²) in [6.07, 6.45) is 0. The Morgan fingerprint density at radius 3 is 2.17 bits per heavy atom. The number of rotatable bonds is 4. The molecular weight excluding hydrogens is 331 g/mol. The van der Waals surface area contributed by atoms with E-state index in [1.807, 2.05) is 0 Å². The van der Waals surface area contributed by atoms with Gasteiger partial charge in [0.1, 0.15) is 23.9 Å². The van der Waals surface area contributed by atoms with Gasteiger partial charge >= 0.3 is 5.51 Å². The number of thioether (sulfide) groups is 1. The molecule has 0 heterocycles. The fourth-order valence-electron chi connectivity index (χ4n) is 1.43. The number of nitrogens with two attached hydrogens (primary N) is 1. The minimum absolute atomic E-state index is 0.0902. The Morgan fingerprint density at radius 1 is 1.13 bits per heavy atom. The lowest BCUT2D eigenvalue weighted by molar-refractivity contribution is -0.0328. The van der Waals surface area contributed by atoms with E-state index in [0.717, 1.165) is 18.2 Å². The molecule has 0 aromatic heterocycles. The Kier molecular flexibility index (Phi) is 5.61. The number of carbonyl (C=O) groups excluding carboxylic acids is 1. The Labute approximate surface area is 132 Å². The Balaban J connectivity index is 3.35. The lowest BCUT2D eigenvalue weighted by atomic mass is 10.1. The average molecular weight is 337 g/mol. The third kappa shape index (κ3) is 5.27. The van der Waals surface area contributed by atoms with Crippen molar-refractivity contribution in [3.05, 3.63) is 35.0 Å². The molecule has 0 spiro atoms. The van der Waals surface area contributed by atoms with Gasteiger partial charge in [-0.15, -0.1) is 0 Å². The van der Waals surface area contributed by atoms with Crippen molar-refractivity contribution in [1.82, 2.24) is 0 Å². The van der Waals surface area contributed by atoms with Crippen LogP contribution in [0.2, 0.25) is 0 Å². The van der Waals surface area contributed by atoms with Gasteiger partial charge < -0.3 is 11.1 Å². The summed E-state index contributed by atoms with van der Waals surface area (Å²) in [5.41, 5.74) is -0.869. The molecule has 0 unspecified atom stereocenters. The smallest absolute Gasteiger partial charge is 0.366 e. The second-order valence-corrected chi connectivity index (χ2v) is 5.01. The lowest BCUT2D eigenvalue weighted by Gasteiger charge is -2.11. The first-order valence-electron chi connectivity index (χ1n) is 5.62. The van der Waals surface area contributed by atoms with Crippen molar-refractivity contribution in [3.63, 3.8) is 0 Å². The van der Waals surface area contributed by atoms with E-state index in [4.69, 9.17) is 21.5 Å². The number of nitrogens with one attached hydrogen (secondary N) is 1. The van der Waals surface area contributed by atoms with E-state index in [0.29, 0.717) is 0 Å².